The fourth-order valence-electron chi connectivity index (χ4n) is 7.53. The van der Waals surface area contributed by atoms with Crippen LogP contribution in [0, 0.1) is 6.92 Å². The van der Waals surface area contributed by atoms with E-state index in [4.69, 9.17) is 14.5 Å². The van der Waals surface area contributed by atoms with Gasteiger partial charge in [0, 0.05) is 50.5 Å². The van der Waals surface area contributed by atoms with Crippen LogP contribution in [-0.2, 0) is 11.3 Å². The fraction of sp³-hybridized carbons (Fsp3) is 0.444. The van der Waals surface area contributed by atoms with Gasteiger partial charge in [-0.15, -0.1) is 0 Å². The number of hydrogen-bond donors (Lipinski definition) is 2. The van der Waals surface area contributed by atoms with E-state index in [1.807, 2.05) is 71.0 Å². The van der Waals surface area contributed by atoms with E-state index in [0.29, 0.717) is 62.9 Å². The van der Waals surface area contributed by atoms with Crippen LogP contribution in [0.1, 0.15) is 60.2 Å². The second-order valence-electron chi connectivity index (χ2n) is 13.0. The van der Waals surface area contributed by atoms with E-state index in [2.05, 4.69) is 10.3 Å². The average molecular weight is 654 g/mol. The highest BCUT2D eigenvalue weighted by molar-refractivity contribution is 5.99. The highest BCUT2D eigenvalue weighted by atomic mass is 16.5. The van der Waals surface area contributed by atoms with Crippen molar-refractivity contribution in [3.63, 3.8) is 0 Å². The molecule has 12 nitrogen and oxygen atoms in total. The molecule has 2 aromatic carbocycles. The third-order valence-corrected chi connectivity index (χ3v) is 9.96. The number of piperazine rings is 1. The number of ether oxygens (including phenoxy) is 2. The minimum Gasteiger partial charge on any atom is -0.494 e. The number of benzene rings is 2. The van der Waals surface area contributed by atoms with Crippen molar-refractivity contribution in [3.05, 3.63) is 84.3 Å². The summed E-state index contributed by atoms with van der Waals surface area (Å²) in [6.45, 7) is 4.84. The van der Waals surface area contributed by atoms with Crippen molar-refractivity contribution < 1.29 is 24.2 Å². The van der Waals surface area contributed by atoms with E-state index < -0.39 is 5.60 Å². The Hall–Kier alpha value is -4.52. The van der Waals surface area contributed by atoms with Crippen LogP contribution in [0.15, 0.2) is 67.1 Å². The second kappa shape index (κ2) is 13.5. The maximum absolute atomic E-state index is 14.4. The van der Waals surface area contributed by atoms with Crippen molar-refractivity contribution in [1.29, 1.82) is 0 Å². The number of hydrogen-bond acceptors (Lipinski definition) is 8. The molecule has 48 heavy (non-hydrogen) atoms. The smallest absolute Gasteiger partial charge is 0.334 e. The number of aliphatic hydroxyl groups is 1. The first-order chi connectivity index (χ1) is 23.4. The van der Waals surface area contributed by atoms with Gasteiger partial charge in [0.15, 0.2) is 5.69 Å². The first kappa shape index (κ1) is 32.0. The van der Waals surface area contributed by atoms with Gasteiger partial charge >= 0.3 is 6.03 Å². The predicted molar refractivity (Wildman–Crippen MR) is 180 cm³/mol. The summed E-state index contributed by atoms with van der Waals surface area (Å²) in [5.41, 5.74) is 2.64. The van der Waals surface area contributed by atoms with E-state index in [-0.39, 0.29) is 30.6 Å². The molecule has 4 heterocycles. The Balaban J connectivity index is 1.06. The Labute approximate surface area is 280 Å². The minimum atomic E-state index is -1.04. The molecule has 2 aromatic heterocycles. The number of nitrogens with zero attached hydrogens (tertiary/aromatic N) is 6. The third kappa shape index (κ3) is 5.99. The summed E-state index contributed by atoms with van der Waals surface area (Å²) in [6, 6.07) is 16.9. The van der Waals surface area contributed by atoms with E-state index in [1.54, 1.807) is 29.1 Å². The van der Waals surface area contributed by atoms with Crippen molar-refractivity contribution in [2.45, 2.75) is 63.3 Å². The summed E-state index contributed by atoms with van der Waals surface area (Å²) in [4.78, 5) is 39.8. The van der Waals surface area contributed by atoms with Gasteiger partial charge in [0.2, 0.25) is 0 Å². The van der Waals surface area contributed by atoms with Crippen LogP contribution in [0.5, 0.6) is 5.75 Å². The van der Waals surface area contributed by atoms with Gasteiger partial charge < -0.3 is 29.4 Å². The summed E-state index contributed by atoms with van der Waals surface area (Å²) in [5, 5.41) is 15.1. The van der Waals surface area contributed by atoms with Gasteiger partial charge in [-0.3, -0.25) is 14.3 Å². The van der Waals surface area contributed by atoms with Crippen LogP contribution in [0.2, 0.25) is 0 Å². The molecule has 2 N–H and O–H groups in total. The highest BCUT2D eigenvalue weighted by Gasteiger charge is 2.42. The van der Waals surface area contributed by atoms with E-state index in [1.165, 1.54) is 0 Å². The maximum atomic E-state index is 14.4. The van der Waals surface area contributed by atoms with Crippen LogP contribution < -0.4 is 15.0 Å². The van der Waals surface area contributed by atoms with Crippen LogP contribution >= 0.6 is 0 Å². The van der Waals surface area contributed by atoms with Crippen LogP contribution in [0.3, 0.4) is 0 Å². The van der Waals surface area contributed by atoms with E-state index in [0.717, 1.165) is 41.9 Å². The van der Waals surface area contributed by atoms with E-state index in [9.17, 15) is 14.7 Å². The van der Waals surface area contributed by atoms with Crippen LogP contribution in [0.4, 0.5) is 10.5 Å². The first-order valence-corrected chi connectivity index (χ1v) is 16.8. The number of imidazole rings is 2. The highest BCUT2D eigenvalue weighted by Crippen LogP contribution is 2.41. The molecule has 0 radical (unpaired) electrons. The lowest BCUT2D eigenvalue weighted by molar-refractivity contribution is -0.0893. The summed E-state index contributed by atoms with van der Waals surface area (Å²) in [6.07, 6.45) is 7.41. The molecule has 7 rings (SSSR count). The van der Waals surface area contributed by atoms with Crippen LogP contribution in [0.25, 0.3) is 11.3 Å². The molecule has 0 spiro atoms. The van der Waals surface area contributed by atoms with Gasteiger partial charge in [-0.2, -0.15) is 0 Å². The summed E-state index contributed by atoms with van der Waals surface area (Å²) in [5.74, 6) is 1.26. The Morgan fingerprint density at radius 2 is 1.92 bits per heavy atom. The maximum Gasteiger partial charge on any atom is 0.334 e. The first-order valence-electron chi connectivity index (χ1n) is 16.8. The number of fused-ring (bicyclic) bond motifs is 1. The third-order valence-electron chi connectivity index (χ3n) is 9.96. The fourth-order valence-corrected chi connectivity index (χ4v) is 7.53. The molecule has 0 unspecified atom stereocenters. The number of amides is 2. The van der Waals surface area contributed by atoms with Crippen molar-refractivity contribution in [2.75, 3.05) is 44.9 Å². The number of anilines is 1. The summed E-state index contributed by atoms with van der Waals surface area (Å²) in [7, 11) is 1.61. The molecule has 4 aromatic rings. The Morgan fingerprint density at radius 3 is 2.69 bits per heavy atom. The number of aryl methyl sites for hydroxylation is 1. The number of carbonyl (C=O) groups excluding carboxylic acids is 2. The van der Waals surface area contributed by atoms with Gasteiger partial charge in [-0.1, -0.05) is 43.2 Å². The number of methoxy groups -OCH3 is 1. The molecule has 1 aliphatic carbocycles. The average Bonchev–Trinajstić information content (AvgIpc) is 3.80. The SMILES string of the molecule is COC[C@]1(O)CCCC[C@H]1n1cnc(C(=O)N2CCNC[C@H]2CCOc2ccc(N3Cc4cnc(C)n4C3=O)cc2)c1-c1ccccc1. The Bertz CT molecular complexity index is 1750. The molecule has 2 fully saturated rings. The Kier molecular flexibility index (Phi) is 9.04. The Morgan fingerprint density at radius 1 is 1.10 bits per heavy atom. The van der Waals surface area contributed by atoms with Crippen molar-refractivity contribution >= 4 is 17.6 Å². The van der Waals surface area contributed by atoms with Crippen molar-refractivity contribution in [3.8, 4) is 17.0 Å². The second-order valence-corrected chi connectivity index (χ2v) is 13.0. The molecule has 252 valence electrons. The molecule has 12 heteroatoms. The normalized spacial score (nSPS) is 22.6. The lowest BCUT2D eigenvalue weighted by Crippen LogP contribution is -2.54. The van der Waals surface area contributed by atoms with Crippen molar-refractivity contribution in [1.82, 2.24) is 29.3 Å². The van der Waals surface area contributed by atoms with Crippen LogP contribution in [-0.4, -0.2) is 92.6 Å². The minimum absolute atomic E-state index is 0.0896. The molecule has 3 atom stereocenters. The number of rotatable bonds is 10. The molecular formula is C36H43N7O5. The molecule has 2 aliphatic heterocycles. The zero-order chi connectivity index (χ0) is 33.3. The number of carbonyl (C=O) groups is 2. The number of nitrogens with one attached hydrogen (secondary N) is 1. The zero-order valence-electron chi connectivity index (χ0n) is 27.5. The summed E-state index contributed by atoms with van der Waals surface area (Å²) < 4.78 is 15.2. The monoisotopic (exact) mass is 653 g/mol. The lowest BCUT2D eigenvalue weighted by atomic mass is 9.80. The molecule has 1 saturated heterocycles. The van der Waals surface area contributed by atoms with Gasteiger partial charge in [0.1, 0.15) is 17.2 Å². The molecule has 1 saturated carbocycles. The molecule has 3 aliphatic rings. The molecule has 2 amide bonds. The standard InChI is InChI=1S/C36H43N7O5/c1-25-38-21-29-22-41(35(45)43(25)29)27-11-13-30(14-12-27)48-19-15-28-20-37-17-18-40(28)34(44)32-33(26-8-4-3-5-9-26)42(24-39-32)31-10-6-7-16-36(31,46)23-47-2/h3-5,8-9,11-14,21,24,28,31,37,46H,6-7,10,15-20,22-23H2,1-2H3/t28-,31-,36-/m1/s1. The van der Waals surface area contributed by atoms with Gasteiger partial charge in [-0.25, -0.2) is 14.8 Å². The topological polar surface area (TPSA) is 127 Å². The largest absolute Gasteiger partial charge is 0.494 e. The number of aromatic nitrogens is 4. The quantitative estimate of drug-likeness (QED) is 0.258. The van der Waals surface area contributed by atoms with Gasteiger partial charge in [0.05, 0.1) is 49.7 Å². The lowest BCUT2D eigenvalue weighted by Gasteiger charge is -2.41. The molecule has 0 bridgehead atoms. The van der Waals surface area contributed by atoms with E-state index >= 15 is 0 Å². The predicted octanol–water partition coefficient (Wildman–Crippen LogP) is 4.42. The molecular weight excluding hydrogens is 610 g/mol. The van der Waals surface area contributed by atoms with Gasteiger partial charge in [-0.05, 0) is 44.0 Å². The summed E-state index contributed by atoms with van der Waals surface area (Å²) >= 11 is 0. The van der Waals surface area contributed by atoms with Gasteiger partial charge in [0.25, 0.3) is 5.91 Å². The zero-order valence-corrected chi connectivity index (χ0v) is 27.5. The van der Waals surface area contributed by atoms with Crippen molar-refractivity contribution in [2.24, 2.45) is 0 Å².